The molecule has 164 valence electrons. The molecule has 2 aromatic rings. The molecule has 8 heteroatoms. The zero-order chi connectivity index (χ0) is 21.8. The number of benzene rings is 2. The van der Waals surface area contributed by atoms with Gasteiger partial charge in [-0.15, -0.1) is 0 Å². The smallest absolute Gasteiger partial charge is 0.178 e. The highest BCUT2D eigenvalue weighted by Gasteiger charge is 2.34. The first-order chi connectivity index (χ1) is 14.9. The molecule has 4 rings (SSSR count). The molecule has 2 bridgehead atoms. The topological polar surface area (TPSA) is 73.6 Å². The van der Waals surface area contributed by atoms with Gasteiger partial charge in [0.25, 0.3) is 0 Å². The molecule has 0 N–H and O–H groups in total. The molecule has 0 aliphatic carbocycles. The Morgan fingerprint density at radius 1 is 0.968 bits per heavy atom. The van der Waals surface area contributed by atoms with Crippen LogP contribution in [0.3, 0.4) is 0 Å². The van der Waals surface area contributed by atoms with Gasteiger partial charge in [0, 0.05) is 32.7 Å². The third kappa shape index (κ3) is 5.69. The summed E-state index contributed by atoms with van der Waals surface area (Å²) in [4.78, 5) is 4.91. The minimum absolute atomic E-state index is 0.0856. The van der Waals surface area contributed by atoms with E-state index in [-0.39, 0.29) is 28.7 Å². The zero-order valence-corrected chi connectivity index (χ0v) is 18.1. The fourth-order valence-corrected chi connectivity index (χ4v) is 5.65. The van der Waals surface area contributed by atoms with Gasteiger partial charge in [-0.1, -0.05) is 12.1 Å². The van der Waals surface area contributed by atoms with E-state index in [0.717, 1.165) is 38.3 Å². The van der Waals surface area contributed by atoms with Crippen molar-refractivity contribution in [2.75, 3.05) is 38.5 Å². The molecule has 0 saturated carbocycles. The molecule has 2 aliphatic rings. The number of rotatable bonds is 7. The second-order valence-corrected chi connectivity index (χ2v) is 10.4. The Morgan fingerprint density at radius 2 is 1.58 bits per heavy atom. The van der Waals surface area contributed by atoms with Gasteiger partial charge in [0.1, 0.15) is 5.82 Å². The lowest BCUT2D eigenvalue weighted by atomic mass is 10.1. The first-order valence-electron chi connectivity index (χ1n) is 10.5. The van der Waals surface area contributed by atoms with E-state index >= 15 is 0 Å². The molecule has 0 radical (unpaired) electrons. The molecule has 0 amide bonds. The number of nitrogens with zero attached hydrogens (tertiary/aromatic N) is 3. The van der Waals surface area contributed by atoms with Gasteiger partial charge in [0.15, 0.2) is 9.84 Å². The van der Waals surface area contributed by atoms with E-state index in [0.29, 0.717) is 18.5 Å². The summed E-state index contributed by atoms with van der Waals surface area (Å²) in [6, 6.07) is 14.7. The fraction of sp³-hybridized carbons (Fsp3) is 0.435. The summed E-state index contributed by atoms with van der Waals surface area (Å²) in [6.45, 7) is 4.69. The fourth-order valence-electron chi connectivity index (χ4n) is 4.35. The van der Waals surface area contributed by atoms with Crippen LogP contribution in [0.2, 0.25) is 0 Å². The minimum atomic E-state index is -3.35. The summed E-state index contributed by atoms with van der Waals surface area (Å²) in [6.07, 6.45) is 0.757. The Morgan fingerprint density at radius 3 is 2.19 bits per heavy atom. The normalized spacial score (nSPS) is 22.2. The van der Waals surface area contributed by atoms with Crippen molar-refractivity contribution in [2.24, 2.45) is 0 Å². The van der Waals surface area contributed by atoms with Gasteiger partial charge in [0.2, 0.25) is 0 Å². The van der Waals surface area contributed by atoms with Crippen LogP contribution in [0.5, 0.6) is 0 Å². The van der Waals surface area contributed by atoms with E-state index in [1.54, 1.807) is 0 Å². The van der Waals surface area contributed by atoms with Crippen LogP contribution in [0.25, 0.3) is 0 Å². The molecule has 2 aromatic carbocycles. The van der Waals surface area contributed by atoms with Gasteiger partial charge in [-0.05, 0) is 54.9 Å². The van der Waals surface area contributed by atoms with Crippen molar-refractivity contribution in [3.63, 3.8) is 0 Å². The Bertz CT molecular complexity index is 1020. The molecule has 0 aromatic heterocycles. The third-order valence-corrected chi connectivity index (χ3v) is 7.60. The van der Waals surface area contributed by atoms with E-state index < -0.39 is 9.84 Å². The maximum absolute atomic E-state index is 13.1. The number of hydrogen-bond donors (Lipinski definition) is 0. The van der Waals surface area contributed by atoms with E-state index in [2.05, 4.69) is 9.80 Å². The van der Waals surface area contributed by atoms with E-state index in [1.807, 2.05) is 18.2 Å². The highest BCUT2D eigenvalue weighted by Crippen LogP contribution is 2.21. The van der Waals surface area contributed by atoms with Crippen molar-refractivity contribution >= 4 is 9.84 Å². The van der Waals surface area contributed by atoms with E-state index in [4.69, 9.17) is 10.00 Å². The summed E-state index contributed by atoms with van der Waals surface area (Å²) >= 11 is 0. The molecule has 2 unspecified atom stereocenters. The Hall–Kier alpha value is -2.31. The van der Waals surface area contributed by atoms with Crippen LogP contribution in [0.4, 0.5) is 4.39 Å². The summed E-state index contributed by atoms with van der Waals surface area (Å²) in [5.74, 6) is -0.137. The number of morpholine rings is 2. The third-order valence-electron chi connectivity index (χ3n) is 5.78. The largest absolute Gasteiger partial charge is 0.370 e. The molecule has 31 heavy (non-hydrogen) atoms. The van der Waals surface area contributed by atoms with Crippen molar-refractivity contribution in [3.8, 4) is 6.07 Å². The second kappa shape index (κ2) is 9.45. The van der Waals surface area contributed by atoms with Crippen LogP contribution in [0, 0.1) is 17.1 Å². The van der Waals surface area contributed by atoms with Crippen molar-refractivity contribution in [1.82, 2.24) is 9.80 Å². The summed E-state index contributed by atoms with van der Waals surface area (Å²) in [5, 5.41) is 8.85. The number of fused-ring (bicyclic) bond motifs is 2. The van der Waals surface area contributed by atoms with Gasteiger partial charge in [-0.25, -0.2) is 12.8 Å². The van der Waals surface area contributed by atoms with Gasteiger partial charge < -0.3 is 4.74 Å². The van der Waals surface area contributed by atoms with Crippen molar-refractivity contribution in [2.45, 2.75) is 30.1 Å². The first kappa shape index (κ1) is 21.9. The van der Waals surface area contributed by atoms with Crippen molar-refractivity contribution in [1.29, 1.82) is 5.26 Å². The molecule has 2 saturated heterocycles. The molecular formula is C23H26FN3O3S. The lowest BCUT2D eigenvalue weighted by molar-refractivity contribution is -0.140. The maximum atomic E-state index is 13.1. The average Bonchev–Trinajstić information content (AvgIpc) is 2.75. The van der Waals surface area contributed by atoms with Gasteiger partial charge in [0.05, 0.1) is 34.5 Å². The molecule has 2 heterocycles. The number of ether oxygens (including phenoxy) is 1. The van der Waals surface area contributed by atoms with Gasteiger partial charge in [-0.3, -0.25) is 9.80 Å². The highest BCUT2D eigenvalue weighted by atomic mass is 32.2. The summed E-state index contributed by atoms with van der Waals surface area (Å²) in [7, 11) is -3.35. The molecule has 2 fully saturated rings. The average molecular weight is 444 g/mol. The van der Waals surface area contributed by atoms with Crippen LogP contribution in [0.1, 0.15) is 17.5 Å². The Labute approximate surface area is 182 Å². The quantitative estimate of drug-likeness (QED) is 0.655. The zero-order valence-electron chi connectivity index (χ0n) is 17.3. The second-order valence-electron chi connectivity index (χ2n) is 8.27. The van der Waals surface area contributed by atoms with Gasteiger partial charge >= 0.3 is 0 Å². The van der Waals surface area contributed by atoms with Gasteiger partial charge in [-0.2, -0.15) is 5.26 Å². The van der Waals surface area contributed by atoms with E-state index in [9.17, 15) is 12.8 Å². The molecule has 0 spiro atoms. The molecule has 6 nitrogen and oxygen atoms in total. The minimum Gasteiger partial charge on any atom is -0.370 e. The Balaban J connectivity index is 1.25. The number of nitriles is 1. The maximum Gasteiger partial charge on any atom is 0.178 e. The van der Waals surface area contributed by atoms with Crippen LogP contribution in [-0.4, -0.2) is 68.9 Å². The number of hydrogen-bond acceptors (Lipinski definition) is 6. The Kier molecular flexibility index (Phi) is 6.68. The highest BCUT2D eigenvalue weighted by molar-refractivity contribution is 7.91. The predicted molar refractivity (Wildman–Crippen MR) is 115 cm³/mol. The first-order valence-corrected chi connectivity index (χ1v) is 12.1. The molecular weight excluding hydrogens is 417 g/mol. The van der Waals surface area contributed by atoms with Crippen LogP contribution in [-0.2, 0) is 21.1 Å². The van der Waals surface area contributed by atoms with Crippen molar-refractivity contribution in [3.05, 3.63) is 65.5 Å². The van der Waals surface area contributed by atoms with Crippen LogP contribution in [0.15, 0.2) is 53.4 Å². The van der Waals surface area contributed by atoms with Crippen LogP contribution >= 0.6 is 0 Å². The summed E-state index contributed by atoms with van der Waals surface area (Å²) < 4.78 is 44.3. The monoisotopic (exact) mass is 443 g/mol. The molecule has 2 atom stereocenters. The molecule has 2 aliphatic heterocycles. The summed E-state index contributed by atoms with van der Waals surface area (Å²) in [5.41, 5.74) is 1.54. The SMILES string of the molecule is N#Cc1ccc(S(=O)(=O)CCCN2CC3CN(Cc4ccc(F)cc4)CC(C2)O3)cc1. The van der Waals surface area contributed by atoms with E-state index in [1.165, 1.54) is 36.4 Å². The number of sulfone groups is 1. The van der Waals surface area contributed by atoms with Crippen molar-refractivity contribution < 1.29 is 17.5 Å². The van der Waals surface area contributed by atoms with Crippen LogP contribution < -0.4 is 0 Å². The predicted octanol–water partition coefficient (Wildman–Crippen LogP) is 2.45. The lowest BCUT2D eigenvalue weighted by Crippen LogP contribution is -2.59. The lowest BCUT2D eigenvalue weighted by Gasteiger charge is -2.46. The number of halogens is 1. The standard InChI is InChI=1S/C23H26FN3O3S/c24-20-6-2-19(3-7-20)13-27-16-21-14-26(15-22(17-27)30-21)10-1-11-31(28,29)23-8-4-18(12-25)5-9-23/h2-9,21-22H,1,10-11,13-17H2.